The topological polar surface area (TPSA) is 37.3 Å². The van der Waals surface area contributed by atoms with Crippen molar-refractivity contribution in [2.75, 3.05) is 0 Å². The lowest BCUT2D eigenvalue weighted by Crippen LogP contribution is -2.20. The molecule has 0 spiro atoms. The number of benzene rings is 1. The standard InChI is InChI=1S/C10H7BrF2O2/c11-8-6(12)3-5(4-7(8)13)10(1-2-10)9(14)15/h3-4H,1-2H2,(H,14,15). The summed E-state index contributed by atoms with van der Waals surface area (Å²) in [6.07, 6.45) is 0.867. The van der Waals surface area contributed by atoms with Gasteiger partial charge in [-0.2, -0.15) is 0 Å². The maximum atomic E-state index is 13.2. The summed E-state index contributed by atoms with van der Waals surface area (Å²) in [6.45, 7) is 0. The monoisotopic (exact) mass is 276 g/mol. The largest absolute Gasteiger partial charge is 0.481 e. The van der Waals surface area contributed by atoms with Crippen LogP contribution in [-0.2, 0) is 10.2 Å². The zero-order valence-electron chi connectivity index (χ0n) is 7.56. The van der Waals surface area contributed by atoms with Gasteiger partial charge in [-0.1, -0.05) is 0 Å². The SMILES string of the molecule is O=C(O)C1(c2cc(F)c(Br)c(F)c2)CC1. The second-order valence-corrected chi connectivity index (χ2v) is 4.43. The van der Waals surface area contributed by atoms with Crippen LogP contribution in [0.15, 0.2) is 16.6 Å². The predicted molar refractivity (Wildman–Crippen MR) is 52.6 cm³/mol. The molecule has 5 heteroatoms. The van der Waals surface area contributed by atoms with Crippen LogP contribution >= 0.6 is 15.9 Å². The molecular formula is C10H7BrF2O2. The van der Waals surface area contributed by atoms with Crippen molar-refractivity contribution in [1.29, 1.82) is 0 Å². The molecule has 0 bridgehead atoms. The Hall–Kier alpha value is -0.970. The summed E-state index contributed by atoms with van der Waals surface area (Å²) < 4.78 is 26.1. The van der Waals surface area contributed by atoms with Gasteiger partial charge in [0.1, 0.15) is 11.6 Å². The Kier molecular flexibility index (Phi) is 2.30. The fourth-order valence-corrected chi connectivity index (χ4v) is 1.81. The summed E-state index contributed by atoms with van der Waals surface area (Å²) in [6, 6.07) is 2.16. The van der Waals surface area contributed by atoms with Crippen LogP contribution in [0.5, 0.6) is 0 Å². The van der Waals surface area contributed by atoms with E-state index in [4.69, 9.17) is 5.11 Å². The molecule has 0 heterocycles. The highest BCUT2D eigenvalue weighted by Crippen LogP contribution is 2.49. The molecule has 1 N–H and O–H groups in total. The van der Waals surface area contributed by atoms with Crippen molar-refractivity contribution >= 4 is 21.9 Å². The molecule has 0 unspecified atom stereocenters. The van der Waals surface area contributed by atoms with E-state index in [1.54, 1.807) is 0 Å². The van der Waals surface area contributed by atoms with Crippen LogP contribution in [0.1, 0.15) is 18.4 Å². The Balaban J connectivity index is 2.51. The zero-order chi connectivity index (χ0) is 11.2. The summed E-state index contributed by atoms with van der Waals surface area (Å²) in [5.74, 6) is -2.56. The molecule has 1 aliphatic carbocycles. The fraction of sp³-hybridized carbons (Fsp3) is 0.300. The van der Waals surface area contributed by atoms with E-state index in [2.05, 4.69) is 15.9 Å². The van der Waals surface area contributed by atoms with E-state index in [1.165, 1.54) is 0 Å². The number of rotatable bonds is 2. The Morgan fingerprint density at radius 2 is 1.80 bits per heavy atom. The van der Waals surface area contributed by atoms with Gasteiger partial charge in [0.05, 0.1) is 9.89 Å². The van der Waals surface area contributed by atoms with Crippen LogP contribution in [0.2, 0.25) is 0 Å². The Labute approximate surface area is 93.0 Å². The van der Waals surface area contributed by atoms with Crippen LogP contribution in [0.4, 0.5) is 8.78 Å². The van der Waals surface area contributed by atoms with Crippen molar-refractivity contribution < 1.29 is 18.7 Å². The Morgan fingerprint density at radius 3 is 2.13 bits per heavy atom. The quantitative estimate of drug-likeness (QED) is 0.844. The molecule has 1 fully saturated rings. The molecule has 0 aromatic heterocycles. The Bertz CT molecular complexity index is 418. The van der Waals surface area contributed by atoms with E-state index in [0.29, 0.717) is 12.8 Å². The summed E-state index contributed by atoms with van der Waals surface area (Å²) >= 11 is 2.74. The number of carboxylic acids is 1. The van der Waals surface area contributed by atoms with Gasteiger partial charge < -0.3 is 5.11 Å². The molecule has 0 saturated heterocycles. The van der Waals surface area contributed by atoms with Gasteiger partial charge in [0.25, 0.3) is 0 Å². The summed E-state index contributed by atoms with van der Waals surface area (Å²) in [5, 5.41) is 8.95. The van der Waals surface area contributed by atoms with E-state index in [0.717, 1.165) is 12.1 Å². The maximum absolute atomic E-state index is 13.2. The first-order valence-corrected chi connectivity index (χ1v) is 5.15. The van der Waals surface area contributed by atoms with Gasteiger partial charge >= 0.3 is 5.97 Å². The van der Waals surface area contributed by atoms with Gasteiger partial charge in [-0.25, -0.2) is 8.78 Å². The minimum Gasteiger partial charge on any atom is -0.481 e. The second kappa shape index (κ2) is 3.27. The molecule has 80 valence electrons. The van der Waals surface area contributed by atoms with Crippen molar-refractivity contribution in [3.63, 3.8) is 0 Å². The number of halogens is 3. The highest BCUT2D eigenvalue weighted by Gasteiger charge is 2.52. The Morgan fingerprint density at radius 1 is 1.33 bits per heavy atom. The van der Waals surface area contributed by atoms with Gasteiger partial charge in [-0.15, -0.1) is 0 Å². The smallest absolute Gasteiger partial charge is 0.314 e. The molecule has 0 aliphatic heterocycles. The third-order valence-corrected chi connectivity index (χ3v) is 3.45. The minimum absolute atomic E-state index is 0.202. The van der Waals surface area contributed by atoms with E-state index in [9.17, 15) is 13.6 Å². The summed E-state index contributed by atoms with van der Waals surface area (Å²) in [5.41, 5.74) is -0.865. The lowest BCUT2D eigenvalue weighted by Gasteiger charge is -2.11. The molecule has 0 atom stereocenters. The normalized spacial score (nSPS) is 17.5. The molecule has 1 aliphatic rings. The zero-order valence-corrected chi connectivity index (χ0v) is 9.14. The number of carbonyl (C=O) groups is 1. The van der Waals surface area contributed by atoms with Gasteiger partial charge in [-0.05, 0) is 46.5 Å². The average molecular weight is 277 g/mol. The third kappa shape index (κ3) is 1.55. The molecule has 1 aromatic rings. The first kappa shape index (κ1) is 10.5. The van der Waals surface area contributed by atoms with Crippen LogP contribution in [-0.4, -0.2) is 11.1 Å². The van der Waals surface area contributed by atoms with Gasteiger partial charge in [0.15, 0.2) is 0 Å². The molecule has 2 nitrogen and oxygen atoms in total. The van der Waals surface area contributed by atoms with Crippen molar-refractivity contribution in [1.82, 2.24) is 0 Å². The average Bonchev–Trinajstić information content (AvgIpc) is 2.93. The highest BCUT2D eigenvalue weighted by molar-refractivity contribution is 9.10. The van der Waals surface area contributed by atoms with E-state index >= 15 is 0 Å². The molecular weight excluding hydrogens is 270 g/mol. The minimum atomic E-state index is -1.07. The second-order valence-electron chi connectivity index (χ2n) is 3.64. The van der Waals surface area contributed by atoms with Gasteiger partial charge in [0, 0.05) is 0 Å². The molecule has 0 amide bonds. The van der Waals surface area contributed by atoms with E-state index < -0.39 is 23.0 Å². The van der Waals surface area contributed by atoms with Crippen LogP contribution in [0, 0.1) is 11.6 Å². The van der Waals surface area contributed by atoms with Crippen LogP contribution in [0.3, 0.4) is 0 Å². The molecule has 2 rings (SSSR count). The lowest BCUT2D eigenvalue weighted by molar-refractivity contribution is -0.140. The molecule has 15 heavy (non-hydrogen) atoms. The van der Waals surface area contributed by atoms with Crippen molar-refractivity contribution in [2.45, 2.75) is 18.3 Å². The van der Waals surface area contributed by atoms with Crippen molar-refractivity contribution in [3.8, 4) is 0 Å². The first-order valence-electron chi connectivity index (χ1n) is 4.36. The predicted octanol–water partition coefficient (Wildman–Crippen LogP) is 2.84. The van der Waals surface area contributed by atoms with Gasteiger partial charge in [0.2, 0.25) is 0 Å². The lowest BCUT2D eigenvalue weighted by atomic mass is 9.96. The van der Waals surface area contributed by atoms with Crippen molar-refractivity contribution in [2.24, 2.45) is 0 Å². The van der Waals surface area contributed by atoms with Gasteiger partial charge in [-0.3, -0.25) is 4.79 Å². The summed E-state index contributed by atoms with van der Waals surface area (Å²) in [4.78, 5) is 10.9. The number of hydrogen-bond donors (Lipinski definition) is 1. The third-order valence-electron chi connectivity index (χ3n) is 2.70. The number of carboxylic acid groups (broad SMARTS) is 1. The first-order chi connectivity index (χ1) is 6.97. The maximum Gasteiger partial charge on any atom is 0.314 e. The van der Waals surface area contributed by atoms with Crippen LogP contribution in [0.25, 0.3) is 0 Å². The fourth-order valence-electron chi connectivity index (χ4n) is 1.58. The van der Waals surface area contributed by atoms with Crippen LogP contribution < -0.4 is 0 Å². The number of aliphatic carboxylic acids is 1. The molecule has 1 aromatic carbocycles. The van der Waals surface area contributed by atoms with E-state index in [-0.39, 0.29) is 10.0 Å². The molecule has 1 saturated carbocycles. The highest BCUT2D eigenvalue weighted by atomic mass is 79.9. The van der Waals surface area contributed by atoms with E-state index in [1.807, 2.05) is 0 Å². The number of hydrogen-bond acceptors (Lipinski definition) is 1. The molecule has 0 radical (unpaired) electrons. The summed E-state index contributed by atoms with van der Waals surface area (Å²) in [7, 11) is 0. The van der Waals surface area contributed by atoms with Crippen molar-refractivity contribution in [3.05, 3.63) is 33.8 Å².